The molecule has 1 aromatic heterocycles. The van der Waals surface area contributed by atoms with E-state index in [1.807, 2.05) is 31.1 Å². The molecule has 0 spiro atoms. The predicted molar refractivity (Wildman–Crippen MR) is 75.7 cm³/mol. The quantitative estimate of drug-likeness (QED) is 0.838. The van der Waals surface area contributed by atoms with Crippen molar-refractivity contribution in [1.29, 1.82) is 5.26 Å². The minimum Gasteiger partial charge on any atom is -0.382 e. The van der Waals surface area contributed by atoms with Crippen LogP contribution in [0.2, 0.25) is 0 Å². The van der Waals surface area contributed by atoms with Gasteiger partial charge in [0.15, 0.2) is 5.82 Å². The molecular formula is C14H22N4. The van der Waals surface area contributed by atoms with Crippen molar-refractivity contribution in [2.45, 2.75) is 26.7 Å². The summed E-state index contributed by atoms with van der Waals surface area (Å²) < 4.78 is 0. The summed E-state index contributed by atoms with van der Waals surface area (Å²) in [4.78, 5) is 6.34. The molecule has 0 bridgehead atoms. The average molecular weight is 246 g/mol. The van der Waals surface area contributed by atoms with Crippen molar-refractivity contribution in [3.8, 4) is 6.07 Å². The molecule has 0 aliphatic rings. The van der Waals surface area contributed by atoms with Crippen molar-refractivity contribution in [2.24, 2.45) is 5.41 Å². The highest BCUT2D eigenvalue weighted by Gasteiger charge is 2.18. The normalized spacial score (nSPS) is 10.8. The summed E-state index contributed by atoms with van der Waals surface area (Å²) in [6, 6.07) is 6.16. The predicted octanol–water partition coefficient (Wildman–Crippen LogP) is 2.89. The molecule has 0 atom stereocenters. The van der Waals surface area contributed by atoms with Crippen molar-refractivity contribution in [1.82, 2.24) is 4.98 Å². The first-order valence-electron chi connectivity index (χ1n) is 6.19. The molecule has 4 nitrogen and oxygen atoms in total. The fraction of sp³-hybridized carbons (Fsp3) is 0.571. The van der Waals surface area contributed by atoms with E-state index in [9.17, 15) is 0 Å². The van der Waals surface area contributed by atoms with Gasteiger partial charge >= 0.3 is 0 Å². The van der Waals surface area contributed by atoms with Crippen molar-refractivity contribution in [3.05, 3.63) is 18.3 Å². The van der Waals surface area contributed by atoms with Gasteiger partial charge in [-0.1, -0.05) is 13.8 Å². The highest BCUT2D eigenvalue weighted by molar-refractivity contribution is 5.64. The zero-order valence-corrected chi connectivity index (χ0v) is 11.7. The van der Waals surface area contributed by atoms with E-state index in [-0.39, 0.29) is 5.41 Å². The third-order valence-corrected chi connectivity index (χ3v) is 2.88. The van der Waals surface area contributed by atoms with Gasteiger partial charge in [0.1, 0.15) is 0 Å². The van der Waals surface area contributed by atoms with Crippen LogP contribution in [0.15, 0.2) is 18.3 Å². The Balaban J connectivity index is 2.66. The summed E-state index contributed by atoms with van der Waals surface area (Å²) in [5, 5.41) is 12.1. The van der Waals surface area contributed by atoms with Gasteiger partial charge in [-0.2, -0.15) is 5.26 Å². The first-order valence-corrected chi connectivity index (χ1v) is 6.19. The molecule has 1 heterocycles. The zero-order valence-electron chi connectivity index (χ0n) is 11.7. The Bertz CT molecular complexity index is 418. The molecule has 1 aromatic rings. The van der Waals surface area contributed by atoms with E-state index < -0.39 is 0 Å². The number of nitrogens with zero attached hydrogens (tertiary/aromatic N) is 3. The summed E-state index contributed by atoms with van der Waals surface area (Å²) in [6.07, 6.45) is 3.29. The van der Waals surface area contributed by atoms with Gasteiger partial charge < -0.3 is 10.2 Å². The molecule has 0 saturated carbocycles. The smallest absolute Gasteiger partial charge is 0.151 e. The summed E-state index contributed by atoms with van der Waals surface area (Å²) >= 11 is 0. The molecule has 0 unspecified atom stereocenters. The number of nitrogens with one attached hydrogen (secondary N) is 1. The average Bonchev–Trinajstić information content (AvgIpc) is 2.34. The largest absolute Gasteiger partial charge is 0.382 e. The van der Waals surface area contributed by atoms with Crippen LogP contribution in [0.4, 0.5) is 11.5 Å². The molecule has 0 aromatic carbocycles. The maximum absolute atomic E-state index is 8.64. The Hall–Kier alpha value is -1.76. The van der Waals surface area contributed by atoms with Crippen molar-refractivity contribution < 1.29 is 0 Å². The van der Waals surface area contributed by atoms with Gasteiger partial charge in [0.2, 0.25) is 0 Å². The van der Waals surface area contributed by atoms with Crippen molar-refractivity contribution >= 4 is 11.5 Å². The van der Waals surface area contributed by atoms with Crippen LogP contribution in [-0.2, 0) is 0 Å². The maximum Gasteiger partial charge on any atom is 0.151 e. The Morgan fingerprint density at radius 3 is 2.78 bits per heavy atom. The molecule has 1 N–H and O–H groups in total. The minimum absolute atomic E-state index is 0.106. The lowest BCUT2D eigenvalue weighted by molar-refractivity contribution is 0.364. The summed E-state index contributed by atoms with van der Waals surface area (Å²) in [6.45, 7) is 5.17. The second-order valence-corrected chi connectivity index (χ2v) is 5.44. The van der Waals surface area contributed by atoms with Crippen LogP contribution >= 0.6 is 0 Å². The number of hydrogen-bond acceptors (Lipinski definition) is 4. The number of rotatable bonds is 6. The molecule has 0 aliphatic carbocycles. The lowest BCUT2D eigenvalue weighted by Crippen LogP contribution is -2.24. The number of pyridine rings is 1. The molecule has 0 fully saturated rings. The lowest BCUT2D eigenvalue weighted by Gasteiger charge is -2.26. The van der Waals surface area contributed by atoms with E-state index in [1.165, 1.54) is 0 Å². The monoisotopic (exact) mass is 246 g/mol. The SMILES string of the molecule is CN(C)c1ncccc1NCC(C)(C)CCC#N. The first-order chi connectivity index (χ1) is 8.46. The lowest BCUT2D eigenvalue weighted by atomic mass is 9.88. The van der Waals surface area contributed by atoms with Crippen LogP contribution in [0.3, 0.4) is 0 Å². The molecule has 4 heteroatoms. The standard InChI is InChI=1S/C14H22N4/c1-14(2,8-6-9-15)11-17-12-7-5-10-16-13(12)18(3)4/h5,7,10,17H,6,8,11H2,1-4H3. The van der Waals surface area contributed by atoms with Gasteiger partial charge in [-0.15, -0.1) is 0 Å². The van der Waals surface area contributed by atoms with Gasteiger partial charge in [0.25, 0.3) is 0 Å². The molecule has 0 saturated heterocycles. The minimum atomic E-state index is 0.106. The fourth-order valence-corrected chi connectivity index (χ4v) is 1.71. The van der Waals surface area contributed by atoms with Crippen LogP contribution in [0, 0.1) is 16.7 Å². The van der Waals surface area contributed by atoms with Gasteiger partial charge in [-0.05, 0) is 24.0 Å². The van der Waals surface area contributed by atoms with E-state index >= 15 is 0 Å². The molecule has 0 radical (unpaired) electrons. The third-order valence-electron chi connectivity index (χ3n) is 2.88. The molecular weight excluding hydrogens is 224 g/mol. The Kier molecular flexibility index (Phi) is 4.96. The third kappa shape index (κ3) is 4.25. The van der Waals surface area contributed by atoms with E-state index in [2.05, 4.69) is 30.2 Å². The van der Waals surface area contributed by atoms with Gasteiger partial charge in [0, 0.05) is 33.3 Å². The van der Waals surface area contributed by atoms with Gasteiger partial charge in [-0.3, -0.25) is 0 Å². The van der Waals surface area contributed by atoms with Gasteiger partial charge in [0.05, 0.1) is 11.8 Å². The van der Waals surface area contributed by atoms with Crippen LogP contribution in [-0.4, -0.2) is 25.6 Å². The molecule has 18 heavy (non-hydrogen) atoms. The summed E-state index contributed by atoms with van der Waals surface area (Å²) in [5.41, 5.74) is 1.14. The maximum atomic E-state index is 8.64. The Morgan fingerprint density at radius 1 is 1.44 bits per heavy atom. The van der Waals surface area contributed by atoms with Crippen LogP contribution in [0.5, 0.6) is 0 Å². The van der Waals surface area contributed by atoms with E-state index in [4.69, 9.17) is 5.26 Å². The highest BCUT2D eigenvalue weighted by Crippen LogP contribution is 2.26. The van der Waals surface area contributed by atoms with Crippen LogP contribution in [0.25, 0.3) is 0 Å². The molecule has 1 rings (SSSR count). The second-order valence-electron chi connectivity index (χ2n) is 5.44. The number of nitriles is 1. The Morgan fingerprint density at radius 2 is 2.17 bits per heavy atom. The van der Waals surface area contributed by atoms with E-state index in [1.54, 1.807) is 6.20 Å². The summed E-state index contributed by atoms with van der Waals surface area (Å²) in [7, 11) is 3.96. The fourth-order valence-electron chi connectivity index (χ4n) is 1.71. The molecule has 98 valence electrons. The van der Waals surface area contributed by atoms with Crippen LogP contribution < -0.4 is 10.2 Å². The van der Waals surface area contributed by atoms with Crippen molar-refractivity contribution in [2.75, 3.05) is 30.9 Å². The van der Waals surface area contributed by atoms with Gasteiger partial charge in [-0.25, -0.2) is 4.98 Å². The molecule has 0 amide bonds. The number of anilines is 2. The van der Waals surface area contributed by atoms with Crippen LogP contribution in [0.1, 0.15) is 26.7 Å². The molecule has 0 aliphatic heterocycles. The van der Waals surface area contributed by atoms with E-state index in [0.717, 1.165) is 24.5 Å². The number of hydrogen-bond donors (Lipinski definition) is 1. The zero-order chi connectivity index (χ0) is 13.6. The number of aromatic nitrogens is 1. The van der Waals surface area contributed by atoms with Crippen molar-refractivity contribution in [3.63, 3.8) is 0 Å². The Labute approximate surface area is 110 Å². The second kappa shape index (κ2) is 6.25. The highest BCUT2D eigenvalue weighted by atomic mass is 15.2. The first kappa shape index (κ1) is 14.3. The topological polar surface area (TPSA) is 52.0 Å². The van der Waals surface area contributed by atoms with E-state index in [0.29, 0.717) is 6.42 Å². The summed E-state index contributed by atoms with van der Waals surface area (Å²) in [5.74, 6) is 0.939.